The molecular formula is C19H20N2O6S. The highest BCUT2D eigenvalue weighted by Gasteiger charge is 2.38. The Morgan fingerprint density at radius 3 is 2.57 bits per heavy atom. The number of amides is 3. The first-order valence-electron chi connectivity index (χ1n) is 8.79. The van der Waals surface area contributed by atoms with E-state index in [0.29, 0.717) is 37.2 Å². The van der Waals surface area contributed by atoms with Crippen molar-refractivity contribution in [2.24, 2.45) is 5.92 Å². The Hall–Kier alpha value is -2.81. The van der Waals surface area contributed by atoms with Crippen LogP contribution in [0.1, 0.15) is 18.4 Å². The van der Waals surface area contributed by atoms with Gasteiger partial charge in [-0.15, -0.1) is 0 Å². The van der Waals surface area contributed by atoms with Crippen molar-refractivity contribution in [1.82, 2.24) is 9.80 Å². The number of likely N-dealkylation sites (tertiary alicyclic amines) is 1. The van der Waals surface area contributed by atoms with Gasteiger partial charge in [0.25, 0.3) is 11.1 Å². The number of benzene rings is 1. The molecule has 2 heterocycles. The Balaban J connectivity index is 1.66. The van der Waals surface area contributed by atoms with Gasteiger partial charge in [0.1, 0.15) is 12.3 Å². The molecule has 3 rings (SSSR count). The zero-order valence-corrected chi connectivity index (χ0v) is 16.1. The first-order chi connectivity index (χ1) is 13.4. The molecule has 1 aromatic rings. The number of ether oxygens (including phenoxy) is 1. The van der Waals surface area contributed by atoms with Crippen molar-refractivity contribution in [1.29, 1.82) is 0 Å². The van der Waals surface area contributed by atoms with Gasteiger partial charge in [0.15, 0.2) is 0 Å². The molecule has 28 heavy (non-hydrogen) atoms. The molecule has 0 atom stereocenters. The minimum absolute atomic E-state index is 0.229. The smallest absolute Gasteiger partial charge is 0.306 e. The summed E-state index contributed by atoms with van der Waals surface area (Å²) >= 11 is 0.783. The lowest BCUT2D eigenvalue weighted by molar-refractivity contribution is -0.146. The van der Waals surface area contributed by atoms with Crippen LogP contribution in [0.25, 0.3) is 6.08 Å². The zero-order valence-electron chi connectivity index (χ0n) is 15.3. The highest BCUT2D eigenvalue weighted by atomic mass is 32.2. The highest BCUT2D eigenvalue weighted by Crippen LogP contribution is 2.34. The van der Waals surface area contributed by atoms with Gasteiger partial charge in [0, 0.05) is 18.7 Å². The number of carboxylic acid groups (broad SMARTS) is 1. The molecule has 1 N–H and O–H groups in total. The molecule has 0 spiro atoms. The molecule has 1 aromatic carbocycles. The van der Waals surface area contributed by atoms with Crippen LogP contribution < -0.4 is 4.74 Å². The number of carbonyl (C=O) groups is 4. The maximum absolute atomic E-state index is 12.6. The molecule has 2 aliphatic heterocycles. The Kier molecular flexibility index (Phi) is 6.03. The van der Waals surface area contributed by atoms with Crippen LogP contribution in [0.2, 0.25) is 0 Å². The van der Waals surface area contributed by atoms with E-state index in [-0.39, 0.29) is 17.4 Å². The van der Waals surface area contributed by atoms with Crippen molar-refractivity contribution >= 4 is 40.9 Å². The molecule has 8 nitrogen and oxygen atoms in total. The lowest BCUT2D eigenvalue weighted by Gasteiger charge is -2.30. The van der Waals surface area contributed by atoms with E-state index in [4.69, 9.17) is 9.84 Å². The Morgan fingerprint density at radius 1 is 1.25 bits per heavy atom. The molecule has 0 aliphatic carbocycles. The molecule has 3 amide bonds. The average Bonchev–Trinajstić information content (AvgIpc) is 2.95. The highest BCUT2D eigenvalue weighted by molar-refractivity contribution is 8.18. The third kappa shape index (κ3) is 4.19. The molecule has 0 radical (unpaired) electrons. The summed E-state index contributed by atoms with van der Waals surface area (Å²) in [5.74, 6) is -1.62. The summed E-state index contributed by atoms with van der Waals surface area (Å²) in [5.41, 5.74) is 0.664. The molecule has 0 bridgehead atoms. The van der Waals surface area contributed by atoms with Gasteiger partial charge in [-0.2, -0.15) is 0 Å². The van der Waals surface area contributed by atoms with Crippen LogP contribution in [-0.4, -0.2) is 64.7 Å². The van der Waals surface area contributed by atoms with Crippen LogP contribution >= 0.6 is 11.8 Å². The molecule has 2 aliphatic rings. The fraction of sp³-hybridized carbons (Fsp3) is 0.368. The van der Waals surface area contributed by atoms with Gasteiger partial charge in [0.05, 0.1) is 17.9 Å². The van der Waals surface area contributed by atoms with Crippen LogP contribution in [0.15, 0.2) is 29.2 Å². The van der Waals surface area contributed by atoms with Gasteiger partial charge in [0.2, 0.25) is 5.91 Å². The number of thioether (sulfide) groups is 1. The van der Waals surface area contributed by atoms with Gasteiger partial charge in [-0.1, -0.05) is 18.2 Å². The van der Waals surface area contributed by atoms with E-state index in [0.717, 1.165) is 16.7 Å². The molecular weight excluding hydrogens is 384 g/mol. The summed E-state index contributed by atoms with van der Waals surface area (Å²) in [4.78, 5) is 51.0. The van der Waals surface area contributed by atoms with E-state index in [1.165, 1.54) is 12.0 Å². The largest absolute Gasteiger partial charge is 0.496 e. The summed E-state index contributed by atoms with van der Waals surface area (Å²) < 4.78 is 5.25. The van der Waals surface area contributed by atoms with E-state index in [2.05, 4.69) is 0 Å². The average molecular weight is 404 g/mol. The molecule has 0 unspecified atom stereocenters. The molecule has 9 heteroatoms. The summed E-state index contributed by atoms with van der Waals surface area (Å²) in [6, 6.07) is 7.11. The number of para-hydroxylation sites is 1. The van der Waals surface area contributed by atoms with Gasteiger partial charge >= 0.3 is 5.97 Å². The number of piperidine rings is 1. The third-order valence-corrected chi connectivity index (χ3v) is 5.70. The predicted octanol–water partition coefficient (Wildman–Crippen LogP) is 2.05. The van der Waals surface area contributed by atoms with Crippen LogP contribution in [0.5, 0.6) is 5.75 Å². The van der Waals surface area contributed by atoms with Gasteiger partial charge in [-0.3, -0.25) is 24.1 Å². The molecule has 0 saturated carbocycles. The molecule has 2 fully saturated rings. The minimum atomic E-state index is -0.862. The number of methoxy groups -OCH3 is 1. The standard InChI is InChI=1S/C19H20N2O6S/c1-27-14-5-3-2-4-13(14)10-15-17(23)21(19(26)28-15)11-16(22)20-8-6-12(7-9-20)18(24)25/h2-5,10,12H,6-9,11H2,1H3,(H,24,25). The van der Waals surface area contributed by atoms with Crippen LogP contribution in [0.4, 0.5) is 4.79 Å². The minimum Gasteiger partial charge on any atom is -0.496 e. The number of rotatable bonds is 5. The van der Waals surface area contributed by atoms with Crippen molar-refractivity contribution in [3.8, 4) is 5.75 Å². The van der Waals surface area contributed by atoms with E-state index in [1.54, 1.807) is 30.3 Å². The number of hydrogen-bond acceptors (Lipinski definition) is 6. The summed E-state index contributed by atoms with van der Waals surface area (Å²) in [6.45, 7) is 0.276. The monoisotopic (exact) mass is 404 g/mol. The summed E-state index contributed by atoms with van der Waals surface area (Å²) in [6.07, 6.45) is 2.32. The number of imide groups is 1. The van der Waals surface area contributed by atoms with Crippen LogP contribution in [0, 0.1) is 5.92 Å². The first-order valence-corrected chi connectivity index (χ1v) is 9.61. The Labute approximate surface area is 166 Å². The van der Waals surface area contributed by atoms with Gasteiger partial charge in [-0.25, -0.2) is 0 Å². The van der Waals surface area contributed by atoms with Crippen LogP contribution in [0.3, 0.4) is 0 Å². The fourth-order valence-corrected chi connectivity index (χ4v) is 4.00. The third-order valence-electron chi connectivity index (χ3n) is 4.79. The maximum Gasteiger partial charge on any atom is 0.306 e. The van der Waals surface area contributed by atoms with Crippen molar-refractivity contribution in [2.75, 3.05) is 26.7 Å². The van der Waals surface area contributed by atoms with Gasteiger partial charge in [-0.05, 0) is 36.7 Å². The maximum atomic E-state index is 12.6. The topological polar surface area (TPSA) is 104 Å². The quantitative estimate of drug-likeness (QED) is 0.749. The number of carbonyl (C=O) groups excluding carboxylic acids is 3. The predicted molar refractivity (Wildman–Crippen MR) is 103 cm³/mol. The Morgan fingerprint density at radius 2 is 1.93 bits per heavy atom. The van der Waals surface area contributed by atoms with Gasteiger partial charge < -0.3 is 14.7 Å². The van der Waals surface area contributed by atoms with Crippen molar-refractivity contribution in [2.45, 2.75) is 12.8 Å². The number of aliphatic carboxylic acids is 1. The zero-order chi connectivity index (χ0) is 20.3. The first kappa shape index (κ1) is 19.9. The molecule has 2 saturated heterocycles. The Bertz CT molecular complexity index is 845. The molecule has 148 valence electrons. The van der Waals surface area contributed by atoms with E-state index in [9.17, 15) is 19.2 Å². The van der Waals surface area contributed by atoms with Crippen molar-refractivity contribution < 1.29 is 29.0 Å². The lowest BCUT2D eigenvalue weighted by Crippen LogP contribution is -2.46. The number of hydrogen-bond donors (Lipinski definition) is 1. The number of nitrogens with zero attached hydrogens (tertiary/aromatic N) is 2. The van der Waals surface area contributed by atoms with E-state index < -0.39 is 23.0 Å². The molecule has 0 aromatic heterocycles. The second-order valence-corrected chi connectivity index (χ2v) is 7.50. The van der Waals surface area contributed by atoms with Crippen LogP contribution in [-0.2, 0) is 14.4 Å². The second kappa shape index (κ2) is 8.47. The summed E-state index contributed by atoms with van der Waals surface area (Å²) in [7, 11) is 1.52. The van der Waals surface area contributed by atoms with Crippen molar-refractivity contribution in [3.63, 3.8) is 0 Å². The normalized spacial score (nSPS) is 19.4. The SMILES string of the molecule is COc1ccccc1C=C1SC(=O)N(CC(=O)N2CCC(C(=O)O)CC2)C1=O. The van der Waals surface area contributed by atoms with E-state index >= 15 is 0 Å². The number of carboxylic acids is 1. The van der Waals surface area contributed by atoms with Crippen molar-refractivity contribution in [3.05, 3.63) is 34.7 Å². The second-order valence-electron chi connectivity index (χ2n) is 6.50. The lowest BCUT2D eigenvalue weighted by atomic mass is 9.97. The summed E-state index contributed by atoms with van der Waals surface area (Å²) in [5, 5.41) is 8.53. The van der Waals surface area contributed by atoms with E-state index in [1.807, 2.05) is 0 Å². The fourth-order valence-electron chi connectivity index (χ4n) is 3.17.